The van der Waals surface area contributed by atoms with E-state index in [1.165, 1.54) is 12.0 Å². The van der Waals surface area contributed by atoms with Gasteiger partial charge in [-0.1, -0.05) is 18.1 Å². The number of hydrogen-bond acceptors (Lipinski definition) is 3. The van der Waals surface area contributed by atoms with E-state index in [2.05, 4.69) is 13.8 Å². The van der Waals surface area contributed by atoms with E-state index >= 15 is 0 Å². The van der Waals surface area contributed by atoms with Crippen LogP contribution in [0.3, 0.4) is 0 Å². The highest BCUT2D eigenvalue weighted by Gasteiger charge is 2.58. The first kappa shape index (κ1) is 17.7. The van der Waals surface area contributed by atoms with Crippen LogP contribution in [0.15, 0.2) is 11.1 Å². The SMILES string of the molecule is CC1=C2CC(C)(O)CCC2C2CCC3(C)C(C(=O)CO)CCC3C2C1. The third-order valence-corrected chi connectivity index (χ3v) is 8.66. The van der Waals surface area contributed by atoms with Crippen LogP contribution in [0.5, 0.6) is 0 Å². The van der Waals surface area contributed by atoms with Crippen LogP contribution in [0.1, 0.15) is 72.1 Å². The standard InChI is InChI=1S/C22H34O3/c1-13-10-16-14(15-6-8-21(2,25)11-17(13)15)7-9-22(3)18(16)4-5-19(22)20(24)12-23/h14-16,18-19,23,25H,4-12H2,1-3H3. The largest absolute Gasteiger partial charge is 0.390 e. The highest BCUT2D eigenvalue weighted by atomic mass is 16.3. The zero-order valence-corrected chi connectivity index (χ0v) is 16.1. The van der Waals surface area contributed by atoms with Crippen LogP contribution in [0.4, 0.5) is 0 Å². The van der Waals surface area contributed by atoms with E-state index in [4.69, 9.17) is 0 Å². The Morgan fingerprint density at radius 3 is 2.60 bits per heavy atom. The second kappa shape index (κ2) is 5.92. The molecule has 0 aromatic heterocycles. The second-order valence-electron chi connectivity index (χ2n) is 10.1. The number of carbonyl (C=O) groups excluding carboxylic acids is 1. The summed E-state index contributed by atoms with van der Waals surface area (Å²) in [7, 11) is 0. The Morgan fingerprint density at radius 1 is 1.12 bits per heavy atom. The number of hydrogen-bond donors (Lipinski definition) is 2. The number of aliphatic hydroxyl groups is 2. The molecule has 3 saturated carbocycles. The summed E-state index contributed by atoms with van der Waals surface area (Å²) in [4.78, 5) is 12.3. The van der Waals surface area contributed by atoms with Gasteiger partial charge in [-0.05, 0) is 94.3 Å². The Morgan fingerprint density at radius 2 is 1.88 bits per heavy atom. The molecule has 0 spiro atoms. The zero-order valence-electron chi connectivity index (χ0n) is 16.1. The molecule has 140 valence electrons. The summed E-state index contributed by atoms with van der Waals surface area (Å²) in [5.41, 5.74) is 2.66. The van der Waals surface area contributed by atoms with Crippen molar-refractivity contribution in [2.45, 2.75) is 77.7 Å². The van der Waals surface area contributed by atoms with Crippen LogP contribution in [0.2, 0.25) is 0 Å². The van der Waals surface area contributed by atoms with Crippen LogP contribution >= 0.6 is 0 Å². The van der Waals surface area contributed by atoms with Crippen molar-refractivity contribution in [2.24, 2.45) is 35.0 Å². The fourth-order valence-corrected chi connectivity index (χ4v) is 7.44. The van der Waals surface area contributed by atoms with E-state index in [1.807, 2.05) is 6.92 Å². The van der Waals surface area contributed by atoms with Gasteiger partial charge in [-0.3, -0.25) is 4.79 Å². The Hall–Kier alpha value is -0.670. The summed E-state index contributed by atoms with van der Waals surface area (Å²) in [5.74, 6) is 2.88. The van der Waals surface area contributed by atoms with Gasteiger partial charge in [0.05, 0.1) is 5.60 Å². The molecule has 0 heterocycles. The Bertz CT molecular complexity index is 604. The minimum absolute atomic E-state index is 0.0703. The molecule has 25 heavy (non-hydrogen) atoms. The van der Waals surface area contributed by atoms with E-state index in [0.717, 1.165) is 50.9 Å². The minimum atomic E-state index is -0.519. The van der Waals surface area contributed by atoms with Crippen molar-refractivity contribution in [1.29, 1.82) is 0 Å². The Labute approximate surface area is 151 Å². The van der Waals surface area contributed by atoms with Gasteiger partial charge in [0.2, 0.25) is 0 Å². The lowest BCUT2D eigenvalue weighted by molar-refractivity contribution is -0.131. The number of Topliss-reactive ketones (excluding diaryl/α,β-unsaturated/α-hetero) is 1. The molecule has 0 saturated heterocycles. The van der Waals surface area contributed by atoms with Crippen LogP contribution in [-0.2, 0) is 4.79 Å². The van der Waals surface area contributed by atoms with Gasteiger partial charge in [0, 0.05) is 5.92 Å². The molecule has 4 rings (SSSR count). The van der Waals surface area contributed by atoms with Gasteiger partial charge >= 0.3 is 0 Å². The average molecular weight is 347 g/mol. The number of fused-ring (bicyclic) bond motifs is 5. The molecule has 3 heteroatoms. The lowest BCUT2D eigenvalue weighted by Gasteiger charge is -2.55. The molecular weight excluding hydrogens is 312 g/mol. The van der Waals surface area contributed by atoms with Crippen LogP contribution < -0.4 is 0 Å². The summed E-state index contributed by atoms with van der Waals surface area (Å²) < 4.78 is 0. The number of ketones is 1. The molecule has 7 unspecified atom stereocenters. The molecule has 0 aromatic carbocycles. The molecule has 0 aromatic rings. The van der Waals surface area contributed by atoms with Crippen LogP contribution in [-0.4, -0.2) is 28.2 Å². The van der Waals surface area contributed by atoms with Crippen molar-refractivity contribution >= 4 is 5.78 Å². The van der Waals surface area contributed by atoms with Crippen molar-refractivity contribution in [3.8, 4) is 0 Å². The minimum Gasteiger partial charge on any atom is -0.390 e. The lowest BCUT2D eigenvalue weighted by atomic mass is 9.50. The first-order chi connectivity index (χ1) is 11.8. The molecule has 0 amide bonds. The molecule has 3 fully saturated rings. The van der Waals surface area contributed by atoms with Gasteiger partial charge in [0.25, 0.3) is 0 Å². The molecule has 3 nitrogen and oxygen atoms in total. The predicted molar refractivity (Wildman–Crippen MR) is 97.9 cm³/mol. The fraction of sp³-hybridized carbons (Fsp3) is 0.864. The number of aliphatic hydroxyl groups excluding tert-OH is 1. The van der Waals surface area contributed by atoms with E-state index in [1.54, 1.807) is 5.57 Å². The summed E-state index contributed by atoms with van der Waals surface area (Å²) in [6.07, 6.45) is 8.55. The van der Waals surface area contributed by atoms with Gasteiger partial charge in [-0.2, -0.15) is 0 Å². The Kier molecular flexibility index (Phi) is 4.20. The van der Waals surface area contributed by atoms with E-state index in [0.29, 0.717) is 17.8 Å². The highest BCUT2D eigenvalue weighted by molar-refractivity contribution is 5.83. The monoisotopic (exact) mass is 346 g/mol. The number of rotatable bonds is 2. The van der Waals surface area contributed by atoms with E-state index in [-0.39, 0.29) is 23.7 Å². The second-order valence-corrected chi connectivity index (χ2v) is 10.1. The van der Waals surface area contributed by atoms with Gasteiger partial charge in [-0.25, -0.2) is 0 Å². The van der Waals surface area contributed by atoms with Crippen molar-refractivity contribution in [3.63, 3.8) is 0 Å². The first-order valence-electron chi connectivity index (χ1n) is 10.3. The van der Waals surface area contributed by atoms with Gasteiger partial charge in [0.1, 0.15) is 6.61 Å². The van der Waals surface area contributed by atoms with E-state index < -0.39 is 5.60 Å². The van der Waals surface area contributed by atoms with Crippen molar-refractivity contribution in [3.05, 3.63) is 11.1 Å². The third kappa shape index (κ3) is 2.65. The van der Waals surface area contributed by atoms with Crippen molar-refractivity contribution in [1.82, 2.24) is 0 Å². The highest BCUT2D eigenvalue weighted by Crippen LogP contribution is 2.64. The smallest absolute Gasteiger partial charge is 0.161 e. The molecule has 0 bridgehead atoms. The van der Waals surface area contributed by atoms with Gasteiger partial charge in [-0.15, -0.1) is 0 Å². The molecule has 4 aliphatic rings. The van der Waals surface area contributed by atoms with Crippen LogP contribution in [0.25, 0.3) is 0 Å². The van der Waals surface area contributed by atoms with Gasteiger partial charge < -0.3 is 10.2 Å². The summed E-state index contributed by atoms with van der Waals surface area (Å²) >= 11 is 0. The Balaban J connectivity index is 1.63. The molecule has 2 N–H and O–H groups in total. The molecule has 0 aliphatic heterocycles. The van der Waals surface area contributed by atoms with E-state index in [9.17, 15) is 15.0 Å². The summed E-state index contributed by atoms with van der Waals surface area (Å²) in [6, 6.07) is 0. The average Bonchev–Trinajstić information content (AvgIpc) is 2.91. The normalized spacial score (nSPS) is 49.4. The number of allylic oxidation sites excluding steroid dienone is 1. The molecule has 4 aliphatic carbocycles. The zero-order chi connectivity index (χ0) is 18.0. The molecular formula is C22H34O3. The maximum atomic E-state index is 12.3. The van der Waals surface area contributed by atoms with Crippen LogP contribution in [0, 0.1) is 35.0 Å². The maximum Gasteiger partial charge on any atom is 0.161 e. The maximum absolute atomic E-state index is 12.3. The molecule has 7 atom stereocenters. The van der Waals surface area contributed by atoms with Crippen molar-refractivity contribution < 1.29 is 15.0 Å². The summed E-state index contributed by atoms with van der Waals surface area (Å²) in [5, 5.41) is 19.9. The summed E-state index contributed by atoms with van der Waals surface area (Å²) in [6.45, 7) is 6.33. The number of carbonyl (C=O) groups is 1. The predicted octanol–water partition coefficient (Wildman–Crippen LogP) is 3.88. The first-order valence-corrected chi connectivity index (χ1v) is 10.3. The quantitative estimate of drug-likeness (QED) is 0.746. The van der Waals surface area contributed by atoms with Crippen molar-refractivity contribution in [2.75, 3.05) is 6.61 Å². The molecule has 0 radical (unpaired) electrons. The third-order valence-electron chi connectivity index (χ3n) is 8.66. The topological polar surface area (TPSA) is 57.5 Å². The lowest BCUT2D eigenvalue weighted by Crippen LogP contribution is -2.49. The van der Waals surface area contributed by atoms with Gasteiger partial charge in [0.15, 0.2) is 5.78 Å². The fourth-order valence-electron chi connectivity index (χ4n) is 7.44.